The summed E-state index contributed by atoms with van der Waals surface area (Å²) in [6, 6.07) is 12.7. The average Bonchev–Trinajstić information content (AvgIpc) is 3.31. The van der Waals surface area contributed by atoms with Gasteiger partial charge in [0.2, 0.25) is 0 Å². The number of Topliss-reactive ketones (excluding diaryl/α,β-unsaturated/α-hetero) is 1. The molecule has 0 unspecified atom stereocenters. The van der Waals surface area contributed by atoms with E-state index < -0.39 is 6.09 Å². The maximum atomic E-state index is 12.8. The molecule has 1 amide bonds. The molecular formula is C25H34N2O3. The maximum Gasteiger partial charge on any atom is 0.404 e. The van der Waals surface area contributed by atoms with Gasteiger partial charge in [-0.05, 0) is 73.1 Å². The van der Waals surface area contributed by atoms with E-state index in [4.69, 9.17) is 10.5 Å². The smallest absolute Gasteiger partial charge is 0.404 e. The number of aryl methyl sites for hydroxylation is 1. The molecule has 2 atom stereocenters. The first-order valence-electron chi connectivity index (χ1n) is 11.0. The van der Waals surface area contributed by atoms with Gasteiger partial charge < -0.3 is 15.0 Å². The van der Waals surface area contributed by atoms with E-state index in [1.807, 2.05) is 13.1 Å². The van der Waals surface area contributed by atoms with Crippen LogP contribution in [0.3, 0.4) is 0 Å². The fourth-order valence-electron chi connectivity index (χ4n) is 4.61. The number of ketones is 1. The third kappa shape index (κ3) is 5.74. The molecule has 1 aromatic carbocycles. The Bertz CT molecular complexity index is 867. The van der Waals surface area contributed by atoms with Gasteiger partial charge in [0.1, 0.15) is 0 Å². The Balaban J connectivity index is 1.55. The SMILES string of the molecule is CC(C)Cc1ccc(CCC(=O)c2ccc([C@H]3CC[C@H](COC(N)=O)C3)n2C)cc1. The number of rotatable bonds is 9. The van der Waals surface area contributed by atoms with E-state index in [-0.39, 0.29) is 5.78 Å². The monoisotopic (exact) mass is 410 g/mol. The highest BCUT2D eigenvalue weighted by molar-refractivity contribution is 5.95. The second-order valence-corrected chi connectivity index (χ2v) is 9.05. The van der Waals surface area contributed by atoms with Crippen molar-refractivity contribution in [1.82, 2.24) is 4.57 Å². The summed E-state index contributed by atoms with van der Waals surface area (Å²) in [5.74, 6) is 1.57. The first-order valence-corrected chi connectivity index (χ1v) is 11.0. The van der Waals surface area contributed by atoms with Crippen molar-refractivity contribution in [3.63, 3.8) is 0 Å². The molecule has 1 aliphatic carbocycles. The third-order valence-electron chi connectivity index (χ3n) is 6.17. The van der Waals surface area contributed by atoms with Crippen LogP contribution in [0.2, 0.25) is 0 Å². The van der Waals surface area contributed by atoms with Gasteiger partial charge in [0.25, 0.3) is 0 Å². The quantitative estimate of drug-likeness (QED) is 0.590. The summed E-state index contributed by atoms with van der Waals surface area (Å²) in [6.45, 7) is 4.83. The molecule has 0 aliphatic heterocycles. The summed E-state index contributed by atoms with van der Waals surface area (Å²) in [4.78, 5) is 23.7. The van der Waals surface area contributed by atoms with E-state index in [0.29, 0.717) is 30.8 Å². The zero-order valence-electron chi connectivity index (χ0n) is 18.4. The van der Waals surface area contributed by atoms with Crippen molar-refractivity contribution in [2.24, 2.45) is 24.6 Å². The lowest BCUT2D eigenvalue weighted by Gasteiger charge is -2.14. The summed E-state index contributed by atoms with van der Waals surface area (Å²) in [5.41, 5.74) is 9.60. The van der Waals surface area contributed by atoms with Gasteiger partial charge in [0, 0.05) is 19.2 Å². The summed E-state index contributed by atoms with van der Waals surface area (Å²) in [5, 5.41) is 0. The molecule has 0 bridgehead atoms. The van der Waals surface area contributed by atoms with Gasteiger partial charge in [0.15, 0.2) is 5.78 Å². The molecule has 162 valence electrons. The Morgan fingerprint density at radius 1 is 1.10 bits per heavy atom. The van der Waals surface area contributed by atoms with Crippen LogP contribution in [0.1, 0.15) is 72.8 Å². The largest absolute Gasteiger partial charge is 0.449 e. The second-order valence-electron chi connectivity index (χ2n) is 9.05. The van der Waals surface area contributed by atoms with Crippen molar-refractivity contribution in [2.75, 3.05) is 6.61 Å². The molecule has 2 N–H and O–H groups in total. The highest BCUT2D eigenvalue weighted by atomic mass is 16.5. The summed E-state index contributed by atoms with van der Waals surface area (Å²) < 4.78 is 7.01. The predicted molar refractivity (Wildman–Crippen MR) is 119 cm³/mol. The van der Waals surface area contributed by atoms with Gasteiger partial charge in [-0.3, -0.25) is 4.79 Å². The lowest BCUT2D eigenvalue weighted by atomic mass is 10.00. The first-order chi connectivity index (χ1) is 14.3. The van der Waals surface area contributed by atoms with Crippen LogP contribution in [0.4, 0.5) is 4.79 Å². The number of amides is 1. The molecule has 0 spiro atoms. The highest BCUT2D eigenvalue weighted by Gasteiger charge is 2.29. The van der Waals surface area contributed by atoms with Crippen LogP contribution in [0.5, 0.6) is 0 Å². The van der Waals surface area contributed by atoms with Gasteiger partial charge in [-0.15, -0.1) is 0 Å². The zero-order chi connectivity index (χ0) is 21.7. The van der Waals surface area contributed by atoms with Crippen molar-refractivity contribution in [2.45, 2.75) is 58.3 Å². The van der Waals surface area contributed by atoms with Crippen LogP contribution in [0, 0.1) is 11.8 Å². The number of aromatic nitrogens is 1. The van der Waals surface area contributed by atoms with Gasteiger partial charge in [-0.1, -0.05) is 38.1 Å². The molecule has 5 nitrogen and oxygen atoms in total. The average molecular weight is 411 g/mol. The Kier molecular flexibility index (Phi) is 7.35. The topological polar surface area (TPSA) is 74.3 Å². The molecule has 5 heteroatoms. The predicted octanol–water partition coefficient (Wildman–Crippen LogP) is 5.02. The molecule has 1 heterocycles. The summed E-state index contributed by atoms with van der Waals surface area (Å²) in [6.07, 6.45) is 4.67. The second kappa shape index (κ2) is 9.96. The summed E-state index contributed by atoms with van der Waals surface area (Å²) in [7, 11) is 1.98. The number of primary amides is 1. The van der Waals surface area contributed by atoms with Crippen LogP contribution in [-0.2, 0) is 24.6 Å². The van der Waals surface area contributed by atoms with E-state index in [2.05, 4.69) is 48.7 Å². The molecular weight excluding hydrogens is 376 g/mol. The van der Waals surface area contributed by atoms with Gasteiger partial charge in [0.05, 0.1) is 12.3 Å². The number of ether oxygens (including phenoxy) is 1. The molecule has 1 aromatic heterocycles. The Hall–Kier alpha value is -2.56. The van der Waals surface area contributed by atoms with Gasteiger partial charge in [-0.2, -0.15) is 0 Å². The van der Waals surface area contributed by atoms with Gasteiger partial charge in [-0.25, -0.2) is 4.79 Å². The standard InChI is InChI=1S/C25H34N2O3/c1-17(2)14-19-6-4-18(5-7-19)9-13-24(28)23-12-11-22(27(23)3)21-10-8-20(15-21)16-30-25(26)29/h4-7,11-12,17,20-21H,8-10,13-16H2,1-3H3,(H2,26,29)/t20-,21-/m0/s1. The first kappa shape index (κ1) is 22.1. The molecule has 1 fully saturated rings. The fraction of sp³-hybridized carbons (Fsp3) is 0.520. The molecule has 2 aromatic rings. The van der Waals surface area contributed by atoms with E-state index in [1.54, 1.807) is 0 Å². The maximum absolute atomic E-state index is 12.8. The minimum Gasteiger partial charge on any atom is -0.449 e. The zero-order valence-corrected chi connectivity index (χ0v) is 18.4. The van der Waals surface area contributed by atoms with Crippen LogP contribution in [-0.4, -0.2) is 23.1 Å². The van der Waals surface area contributed by atoms with Crippen molar-refractivity contribution < 1.29 is 14.3 Å². The Morgan fingerprint density at radius 2 is 1.80 bits per heavy atom. The number of carbonyl (C=O) groups excluding carboxylic acids is 2. The van der Waals surface area contributed by atoms with Crippen LogP contribution in [0.15, 0.2) is 36.4 Å². The van der Waals surface area contributed by atoms with Crippen molar-refractivity contribution >= 4 is 11.9 Å². The molecule has 0 radical (unpaired) electrons. The van der Waals surface area contributed by atoms with E-state index in [1.165, 1.54) is 16.8 Å². The Morgan fingerprint density at radius 3 is 2.47 bits per heavy atom. The van der Waals surface area contributed by atoms with Crippen LogP contribution in [0.25, 0.3) is 0 Å². The number of hydrogen-bond acceptors (Lipinski definition) is 3. The number of hydrogen-bond donors (Lipinski definition) is 1. The Labute approximate surface area is 179 Å². The van der Waals surface area contributed by atoms with E-state index in [0.717, 1.165) is 37.8 Å². The molecule has 1 aliphatic rings. The lowest BCUT2D eigenvalue weighted by molar-refractivity contribution is 0.0974. The molecule has 0 saturated heterocycles. The number of benzene rings is 1. The minimum absolute atomic E-state index is 0.182. The number of nitrogens with two attached hydrogens (primary N) is 1. The molecule has 3 rings (SSSR count). The highest BCUT2D eigenvalue weighted by Crippen LogP contribution is 2.39. The minimum atomic E-state index is -0.709. The fourth-order valence-corrected chi connectivity index (χ4v) is 4.61. The lowest BCUT2D eigenvalue weighted by Crippen LogP contribution is -2.17. The van der Waals surface area contributed by atoms with Crippen molar-refractivity contribution in [3.8, 4) is 0 Å². The number of nitrogens with zero attached hydrogens (tertiary/aromatic N) is 1. The van der Waals surface area contributed by atoms with Crippen molar-refractivity contribution in [1.29, 1.82) is 0 Å². The van der Waals surface area contributed by atoms with Gasteiger partial charge >= 0.3 is 6.09 Å². The third-order valence-corrected chi connectivity index (χ3v) is 6.17. The summed E-state index contributed by atoms with van der Waals surface area (Å²) >= 11 is 0. The van der Waals surface area contributed by atoms with E-state index in [9.17, 15) is 9.59 Å². The van der Waals surface area contributed by atoms with Crippen LogP contribution < -0.4 is 5.73 Å². The molecule has 30 heavy (non-hydrogen) atoms. The normalized spacial score (nSPS) is 18.7. The molecule has 1 saturated carbocycles. The van der Waals surface area contributed by atoms with E-state index >= 15 is 0 Å². The van der Waals surface area contributed by atoms with Crippen molar-refractivity contribution in [3.05, 3.63) is 58.9 Å². The van der Waals surface area contributed by atoms with Crippen LogP contribution >= 0.6 is 0 Å². The number of carbonyl (C=O) groups is 2.